The molecule has 0 radical (unpaired) electrons. The van der Waals surface area contributed by atoms with E-state index in [1.54, 1.807) is 24.5 Å². The van der Waals surface area contributed by atoms with Gasteiger partial charge in [0.2, 0.25) is 0 Å². The van der Waals surface area contributed by atoms with E-state index in [1.165, 1.54) is 6.07 Å². The van der Waals surface area contributed by atoms with Crippen LogP contribution in [0.4, 0.5) is 10.1 Å². The van der Waals surface area contributed by atoms with Gasteiger partial charge in [-0.3, -0.25) is 4.98 Å². The SMILES string of the molecule is Cc1cnccc1NCc1ccccc1F. The van der Waals surface area contributed by atoms with E-state index in [2.05, 4.69) is 10.3 Å². The van der Waals surface area contributed by atoms with Crippen molar-refractivity contribution in [3.05, 3.63) is 59.7 Å². The van der Waals surface area contributed by atoms with E-state index < -0.39 is 0 Å². The number of nitrogens with zero attached hydrogens (tertiary/aromatic N) is 1. The topological polar surface area (TPSA) is 24.9 Å². The van der Waals surface area contributed by atoms with Crippen LogP contribution in [0, 0.1) is 12.7 Å². The highest BCUT2D eigenvalue weighted by Gasteiger charge is 2.01. The maximum absolute atomic E-state index is 13.3. The van der Waals surface area contributed by atoms with Crippen LogP contribution in [-0.2, 0) is 6.54 Å². The number of aromatic nitrogens is 1. The molecule has 0 unspecified atom stereocenters. The zero-order valence-electron chi connectivity index (χ0n) is 9.07. The first-order valence-corrected chi connectivity index (χ1v) is 5.15. The Morgan fingerprint density at radius 2 is 2.06 bits per heavy atom. The molecule has 1 heterocycles. The lowest BCUT2D eigenvalue weighted by Crippen LogP contribution is -2.02. The van der Waals surface area contributed by atoms with E-state index in [-0.39, 0.29) is 5.82 Å². The fourth-order valence-electron chi connectivity index (χ4n) is 1.50. The second-order valence-corrected chi connectivity index (χ2v) is 3.64. The van der Waals surface area contributed by atoms with Crippen LogP contribution in [-0.4, -0.2) is 4.98 Å². The number of pyridine rings is 1. The van der Waals surface area contributed by atoms with Gasteiger partial charge in [0, 0.05) is 30.2 Å². The summed E-state index contributed by atoms with van der Waals surface area (Å²) in [5.41, 5.74) is 2.70. The quantitative estimate of drug-likeness (QED) is 0.852. The highest BCUT2D eigenvalue weighted by Crippen LogP contribution is 2.14. The van der Waals surface area contributed by atoms with Gasteiger partial charge in [0.05, 0.1) is 0 Å². The molecule has 2 aromatic rings. The fraction of sp³-hybridized carbons (Fsp3) is 0.154. The summed E-state index contributed by atoms with van der Waals surface area (Å²) in [4.78, 5) is 4.00. The minimum Gasteiger partial charge on any atom is -0.381 e. The number of benzene rings is 1. The Bertz CT molecular complexity index is 437. The highest BCUT2D eigenvalue weighted by atomic mass is 19.1. The number of hydrogen-bond donors (Lipinski definition) is 1. The van der Waals surface area contributed by atoms with Crippen LogP contribution in [0.1, 0.15) is 11.1 Å². The van der Waals surface area contributed by atoms with Crippen LogP contribution < -0.4 is 5.32 Å². The second-order valence-electron chi connectivity index (χ2n) is 3.64. The summed E-state index contributed by atoms with van der Waals surface area (Å²) < 4.78 is 13.3. The van der Waals surface area contributed by atoms with Gasteiger partial charge in [-0.25, -0.2) is 4.39 Å². The zero-order chi connectivity index (χ0) is 11.4. The van der Waals surface area contributed by atoms with E-state index in [1.807, 2.05) is 19.1 Å². The summed E-state index contributed by atoms with van der Waals surface area (Å²) >= 11 is 0. The first kappa shape index (κ1) is 10.6. The van der Waals surface area contributed by atoms with Gasteiger partial charge in [0.25, 0.3) is 0 Å². The summed E-state index contributed by atoms with van der Waals surface area (Å²) in [7, 11) is 0. The summed E-state index contributed by atoms with van der Waals surface area (Å²) in [6.45, 7) is 2.45. The number of rotatable bonds is 3. The van der Waals surface area contributed by atoms with Gasteiger partial charge < -0.3 is 5.32 Å². The first-order chi connectivity index (χ1) is 7.77. The number of aryl methyl sites for hydroxylation is 1. The maximum atomic E-state index is 13.3. The Morgan fingerprint density at radius 1 is 1.25 bits per heavy atom. The van der Waals surface area contributed by atoms with E-state index in [0.717, 1.165) is 11.3 Å². The van der Waals surface area contributed by atoms with Gasteiger partial charge in [0.15, 0.2) is 0 Å². The Balaban J connectivity index is 2.09. The lowest BCUT2D eigenvalue weighted by molar-refractivity contribution is 0.613. The average molecular weight is 216 g/mol. The summed E-state index contributed by atoms with van der Waals surface area (Å²) in [6.07, 6.45) is 3.50. The minimum absolute atomic E-state index is 0.179. The van der Waals surface area contributed by atoms with Crippen molar-refractivity contribution in [2.24, 2.45) is 0 Å². The molecular formula is C13H13FN2. The fourth-order valence-corrected chi connectivity index (χ4v) is 1.50. The summed E-state index contributed by atoms with van der Waals surface area (Å²) in [6, 6.07) is 8.65. The standard InChI is InChI=1S/C13H13FN2/c1-10-8-15-7-6-13(10)16-9-11-4-2-3-5-12(11)14/h2-8H,9H2,1H3,(H,15,16). The lowest BCUT2D eigenvalue weighted by Gasteiger charge is -2.09. The molecule has 0 aliphatic rings. The first-order valence-electron chi connectivity index (χ1n) is 5.15. The molecule has 0 saturated heterocycles. The monoisotopic (exact) mass is 216 g/mol. The van der Waals surface area contributed by atoms with Crippen LogP contribution >= 0.6 is 0 Å². The lowest BCUT2D eigenvalue weighted by atomic mass is 10.2. The third kappa shape index (κ3) is 2.37. The normalized spacial score (nSPS) is 10.1. The van der Waals surface area contributed by atoms with E-state index >= 15 is 0 Å². The molecule has 0 fully saturated rings. The molecule has 16 heavy (non-hydrogen) atoms. The molecule has 2 rings (SSSR count). The molecule has 1 N–H and O–H groups in total. The number of hydrogen-bond acceptors (Lipinski definition) is 2. The molecule has 0 saturated carbocycles. The van der Waals surface area contributed by atoms with Gasteiger partial charge in [-0.2, -0.15) is 0 Å². The Labute approximate surface area is 94.2 Å². The molecule has 0 aliphatic heterocycles. The predicted molar refractivity (Wildman–Crippen MR) is 62.7 cm³/mol. The summed E-state index contributed by atoms with van der Waals surface area (Å²) in [5.74, 6) is -0.179. The van der Waals surface area contributed by atoms with Crippen molar-refractivity contribution in [2.45, 2.75) is 13.5 Å². The highest BCUT2D eigenvalue weighted by molar-refractivity contribution is 5.48. The second kappa shape index (κ2) is 4.75. The van der Waals surface area contributed by atoms with E-state index in [0.29, 0.717) is 12.1 Å². The molecule has 0 bridgehead atoms. The molecule has 2 nitrogen and oxygen atoms in total. The number of nitrogens with one attached hydrogen (secondary N) is 1. The van der Waals surface area contributed by atoms with Crippen LogP contribution in [0.25, 0.3) is 0 Å². The molecule has 1 aromatic heterocycles. The van der Waals surface area contributed by atoms with Crippen molar-refractivity contribution in [1.29, 1.82) is 0 Å². The maximum Gasteiger partial charge on any atom is 0.128 e. The zero-order valence-corrected chi connectivity index (χ0v) is 9.07. The van der Waals surface area contributed by atoms with Crippen LogP contribution in [0.2, 0.25) is 0 Å². The molecule has 0 amide bonds. The van der Waals surface area contributed by atoms with Gasteiger partial charge in [-0.15, -0.1) is 0 Å². The van der Waals surface area contributed by atoms with Crippen LogP contribution in [0.3, 0.4) is 0 Å². The molecule has 3 heteroatoms. The van der Waals surface area contributed by atoms with E-state index in [9.17, 15) is 4.39 Å². The molecule has 82 valence electrons. The molecular weight excluding hydrogens is 203 g/mol. The Kier molecular flexibility index (Phi) is 3.15. The van der Waals surface area contributed by atoms with Gasteiger partial charge in [0.1, 0.15) is 5.82 Å². The Hall–Kier alpha value is -1.90. The van der Waals surface area contributed by atoms with Crippen LogP contribution in [0.5, 0.6) is 0 Å². The number of halogens is 1. The molecule has 0 aliphatic carbocycles. The van der Waals surface area contributed by atoms with Crippen LogP contribution in [0.15, 0.2) is 42.7 Å². The largest absolute Gasteiger partial charge is 0.381 e. The third-order valence-electron chi connectivity index (χ3n) is 2.45. The molecule has 0 atom stereocenters. The number of anilines is 1. The molecule has 1 aromatic carbocycles. The predicted octanol–water partition coefficient (Wildman–Crippen LogP) is 3.14. The third-order valence-corrected chi connectivity index (χ3v) is 2.45. The van der Waals surface area contributed by atoms with Gasteiger partial charge >= 0.3 is 0 Å². The minimum atomic E-state index is -0.179. The van der Waals surface area contributed by atoms with Crippen molar-refractivity contribution >= 4 is 5.69 Å². The van der Waals surface area contributed by atoms with Gasteiger partial charge in [-0.1, -0.05) is 18.2 Å². The Morgan fingerprint density at radius 3 is 2.81 bits per heavy atom. The van der Waals surface area contributed by atoms with Crippen molar-refractivity contribution in [3.63, 3.8) is 0 Å². The van der Waals surface area contributed by atoms with Crippen molar-refractivity contribution in [2.75, 3.05) is 5.32 Å². The average Bonchev–Trinajstić information content (AvgIpc) is 2.30. The van der Waals surface area contributed by atoms with Crippen molar-refractivity contribution in [3.8, 4) is 0 Å². The smallest absolute Gasteiger partial charge is 0.128 e. The van der Waals surface area contributed by atoms with Gasteiger partial charge in [-0.05, 0) is 24.6 Å². The summed E-state index contributed by atoms with van der Waals surface area (Å²) in [5, 5.41) is 3.19. The van der Waals surface area contributed by atoms with Crippen molar-refractivity contribution < 1.29 is 4.39 Å². The molecule has 0 spiro atoms. The van der Waals surface area contributed by atoms with Crippen molar-refractivity contribution in [1.82, 2.24) is 4.98 Å². The van der Waals surface area contributed by atoms with E-state index in [4.69, 9.17) is 0 Å².